The van der Waals surface area contributed by atoms with Crippen LogP contribution in [0, 0.1) is 0 Å². The highest BCUT2D eigenvalue weighted by atomic mass is 32.2. The Labute approximate surface area is 215 Å². The first kappa shape index (κ1) is 26.4. The van der Waals surface area contributed by atoms with E-state index < -0.39 is 33.8 Å². The van der Waals surface area contributed by atoms with Crippen molar-refractivity contribution in [3.05, 3.63) is 54.6 Å². The molecule has 4 aromatic heterocycles. The van der Waals surface area contributed by atoms with Crippen LogP contribution in [-0.4, -0.2) is 49.7 Å². The quantitative estimate of drug-likeness (QED) is 0.272. The Balaban J connectivity index is 1.67. The summed E-state index contributed by atoms with van der Waals surface area (Å²) in [6, 6.07) is 5.69. The number of rotatable bonds is 5. The summed E-state index contributed by atoms with van der Waals surface area (Å²) in [5.74, 6) is -0.758. The fraction of sp³-hybridized carbons (Fsp3) is 0.217. The Kier molecular flexibility index (Phi) is 6.04. The summed E-state index contributed by atoms with van der Waals surface area (Å²) >= 11 is 0. The average Bonchev–Trinajstić information content (AvgIpc) is 3.40. The van der Waals surface area contributed by atoms with Gasteiger partial charge in [0, 0.05) is 25.0 Å². The number of fused-ring (bicyclic) bond motifs is 2. The van der Waals surface area contributed by atoms with Crippen molar-refractivity contribution in [1.29, 1.82) is 0 Å². The third kappa shape index (κ3) is 4.86. The number of aryl methyl sites for hydroxylation is 1. The first-order valence-corrected chi connectivity index (χ1v) is 12.7. The van der Waals surface area contributed by atoms with Crippen molar-refractivity contribution in [3.63, 3.8) is 0 Å². The third-order valence-corrected chi connectivity index (χ3v) is 7.45. The molecule has 16 heteroatoms. The zero-order chi connectivity index (χ0) is 28.3. The number of alkyl halides is 6. The first-order valence-electron chi connectivity index (χ1n) is 11.1. The fourth-order valence-corrected chi connectivity index (χ4v) is 4.91. The van der Waals surface area contributed by atoms with E-state index in [1.54, 1.807) is 0 Å². The molecule has 0 bridgehead atoms. The van der Waals surface area contributed by atoms with Gasteiger partial charge in [-0.05, 0) is 23.8 Å². The van der Waals surface area contributed by atoms with Gasteiger partial charge < -0.3 is 9.30 Å². The normalized spacial score (nSPS) is 12.9. The summed E-state index contributed by atoms with van der Waals surface area (Å²) in [6.07, 6.45) is -5.79. The van der Waals surface area contributed by atoms with Crippen LogP contribution in [0.2, 0.25) is 0 Å². The number of imidazole rings is 1. The minimum atomic E-state index is -4.85. The largest absolute Gasteiger partial charge is 0.573 e. The molecule has 0 radical (unpaired) electrons. The van der Waals surface area contributed by atoms with E-state index in [0.29, 0.717) is 11.1 Å². The van der Waals surface area contributed by atoms with E-state index in [2.05, 4.69) is 24.8 Å². The topological polar surface area (TPSA) is 104 Å². The summed E-state index contributed by atoms with van der Waals surface area (Å²) < 4.78 is 109. The number of benzene rings is 1. The van der Waals surface area contributed by atoms with Gasteiger partial charge in [0.2, 0.25) is 0 Å². The second kappa shape index (κ2) is 8.93. The molecule has 0 atom stereocenters. The van der Waals surface area contributed by atoms with Crippen LogP contribution in [0.25, 0.3) is 39.2 Å². The van der Waals surface area contributed by atoms with Crippen molar-refractivity contribution in [1.82, 2.24) is 29.1 Å². The Hall–Kier alpha value is -4.21. The Morgan fingerprint density at radius 3 is 2.28 bits per heavy atom. The Morgan fingerprint density at radius 2 is 1.67 bits per heavy atom. The van der Waals surface area contributed by atoms with Gasteiger partial charge in [-0.3, -0.25) is 0 Å². The average molecular weight is 570 g/mol. The Morgan fingerprint density at radius 1 is 0.974 bits per heavy atom. The molecule has 0 aliphatic heterocycles. The molecule has 0 amide bonds. The molecule has 0 fully saturated rings. The summed E-state index contributed by atoms with van der Waals surface area (Å²) in [4.78, 5) is 12.0. The maximum absolute atomic E-state index is 13.2. The minimum absolute atomic E-state index is 0.00190. The molecule has 0 N–H and O–H groups in total. The van der Waals surface area contributed by atoms with Crippen molar-refractivity contribution in [2.24, 2.45) is 7.05 Å². The number of ether oxygens (including phenoxy) is 1. The van der Waals surface area contributed by atoms with Gasteiger partial charge in [-0.1, -0.05) is 19.1 Å². The molecule has 0 aliphatic rings. The first-order chi connectivity index (χ1) is 18.2. The predicted molar refractivity (Wildman–Crippen MR) is 125 cm³/mol. The highest BCUT2D eigenvalue weighted by Crippen LogP contribution is 2.35. The van der Waals surface area contributed by atoms with E-state index in [4.69, 9.17) is 0 Å². The number of hydrogen-bond acceptors (Lipinski definition) is 7. The van der Waals surface area contributed by atoms with Crippen molar-refractivity contribution in [2.45, 2.75) is 24.5 Å². The van der Waals surface area contributed by atoms with Crippen LogP contribution in [0.1, 0.15) is 12.6 Å². The number of pyridine rings is 1. The number of sulfone groups is 1. The van der Waals surface area contributed by atoms with E-state index in [1.165, 1.54) is 47.6 Å². The van der Waals surface area contributed by atoms with Crippen LogP contribution in [0.5, 0.6) is 5.75 Å². The van der Waals surface area contributed by atoms with Gasteiger partial charge in [0.05, 0.1) is 23.0 Å². The van der Waals surface area contributed by atoms with Gasteiger partial charge in [0.1, 0.15) is 22.8 Å². The van der Waals surface area contributed by atoms with Gasteiger partial charge in [-0.15, -0.1) is 13.2 Å². The molecule has 0 spiro atoms. The van der Waals surface area contributed by atoms with Crippen LogP contribution >= 0.6 is 0 Å². The molecular formula is C23H16F6N6O3S. The maximum atomic E-state index is 13.2. The zero-order valence-electron chi connectivity index (χ0n) is 19.9. The summed E-state index contributed by atoms with van der Waals surface area (Å²) in [6.45, 7) is 1.40. The van der Waals surface area contributed by atoms with Crippen LogP contribution in [0.3, 0.4) is 0 Å². The van der Waals surface area contributed by atoms with Crippen molar-refractivity contribution in [3.8, 4) is 28.3 Å². The highest BCUT2D eigenvalue weighted by molar-refractivity contribution is 7.91. The lowest BCUT2D eigenvalue weighted by Crippen LogP contribution is -2.16. The SMILES string of the molecule is CCS(=O)(=O)c1nn2cc(-c3ccc(OC(F)(F)F)cc3)cnc2c1-c1nc2cc(C(F)(F)F)ncc2n1C. The second-order valence-corrected chi connectivity index (χ2v) is 10.5. The summed E-state index contributed by atoms with van der Waals surface area (Å²) in [5.41, 5.74) is -0.157. The molecule has 1 aromatic carbocycles. The van der Waals surface area contributed by atoms with E-state index in [-0.39, 0.29) is 38.8 Å². The monoisotopic (exact) mass is 570 g/mol. The lowest BCUT2D eigenvalue weighted by atomic mass is 10.1. The Bertz CT molecular complexity index is 1830. The molecule has 0 saturated carbocycles. The molecule has 5 rings (SSSR count). The smallest absolute Gasteiger partial charge is 0.406 e. The van der Waals surface area contributed by atoms with Crippen LogP contribution in [0.15, 0.2) is 53.9 Å². The van der Waals surface area contributed by atoms with Crippen molar-refractivity contribution < 1.29 is 39.5 Å². The fourth-order valence-electron chi connectivity index (χ4n) is 3.93. The predicted octanol–water partition coefficient (Wildman–Crippen LogP) is 5.06. The zero-order valence-corrected chi connectivity index (χ0v) is 20.7. The highest BCUT2D eigenvalue weighted by Gasteiger charge is 2.34. The van der Waals surface area contributed by atoms with E-state index in [9.17, 15) is 34.8 Å². The van der Waals surface area contributed by atoms with E-state index >= 15 is 0 Å². The molecule has 0 saturated heterocycles. The number of hydrogen-bond donors (Lipinski definition) is 0. The maximum Gasteiger partial charge on any atom is 0.573 e. The van der Waals surface area contributed by atoms with E-state index in [1.807, 2.05) is 0 Å². The van der Waals surface area contributed by atoms with Gasteiger partial charge >= 0.3 is 12.5 Å². The van der Waals surface area contributed by atoms with Gasteiger partial charge in [0.25, 0.3) is 0 Å². The van der Waals surface area contributed by atoms with Crippen molar-refractivity contribution >= 4 is 26.5 Å². The van der Waals surface area contributed by atoms with Crippen molar-refractivity contribution in [2.75, 3.05) is 5.75 Å². The number of aromatic nitrogens is 6. The van der Waals surface area contributed by atoms with Crippen LogP contribution < -0.4 is 4.74 Å². The number of halogens is 6. The van der Waals surface area contributed by atoms with Gasteiger partial charge in [-0.25, -0.2) is 27.9 Å². The van der Waals surface area contributed by atoms with Gasteiger partial charge in [-0.2, -0.15) is 18.3 Å². The second-order valence-electron chi connectivity index (χ2n) is 8.32. The lowest BCUT2D eigenvalue weighted by Gasteiger charge is -2.09. The standard InChI is InChI=1S/C23H16F6N6O3S/c1-3-39(36,37)21-18(20-32-15-8-17(22(24,25)26)30-10-16(15)34(20)2)19-31-9-13(11-35(19)33-21)12-4-6-14(7-5-12)38-23(27,28)29/h4-11H,3H2,1-2H3. The molecule has 5 aromatic rings. The molecule has 0 unspecified atom stereocenters. The minimum Gasteiger partial charge on any atom is -0.406 e. The summed E-state index contributed by atoms with van der Waals surface area (Å²) in [7, 11) is -2.48. The molecular weight excluding hydrogens is 554 g/mol. The molecule has 39 heavy (non-hydrogen) atoms. The summed E-state index contributed by atoms with van der Waals surface area (Å²) in [5, 5.41) is 3.81. The van der Waals surface area contributed by atoms with Crippen LogP contribution in [-0.2, 0) is 23.1 Å². The third-order valence-electron chi connectivity index (χ3n) is 5.82. The van der Waals surface area contributed by atoms with Crippen LogP contribution in [0.4, 0.5) is 26.3 Å². The van der Waals surface area contributed by atoms with E-state index in [0.717, 1.165) is 24.4 Å². The molecule has 204 valence electrons. The lowest BCUT2D eigenvalue weighted by molar-refractivity contribution is -0.274. The number of nitrogens with zero attached hydrogens (tertiary/aromatic N) is 6. The molecule has 4 heterocycles. The molecule has 0 aliphatic carbocycles. The molecule has 9 nitrogen and oxygen atoms in total. The van der Waals surface area contributed by atoms with Gasteiger partial charge in [0.15, 0.2) is 20.5 Å².